The Hall–Kier alpha value is -2.47. The molecule has 0 spiro atoms. The van der Waals surface area contributed by atoms with Gasteiger partial charge in [0, 0.05) is 23.2 Å². The van der Waals surface area contributed by atoms with Crippen LogP contribution in [-0.2, 0) is 11.2 Å². The number of thioether (sulfide) groups is 1. The zero-order chi connectivity index (χ0) is 17.4. The van der Waals surface area contributed by atoms with Crippen LogP contribution in [0.1, 0.15) is 15.9 Å². The predicted molar refractivity (Wildman–Crippen MR) is 96.0 cm³/mol. The monoisotopic (exact) mass is 355 g/mol. The van der Waals surface area contributed by atoms with E-state index in [9.17, 15) is 9.59 Å². The van der Waals surface area contributed by atoms with Crippen molar-refractivity contribution in [3.63, 3.8) is 0 Å². The van der Waals surface area contributed by atoms with Crippen LogP contribution < -0.4 is 14.4 Å². The summed E-state index contributed by atoms with van der Waals surface area (Å²) in [7, 11) is 1.76. The van der Waals surface area contributed by atoms with Gasteiger partial charge in [0.2, 0.25) is 5.91 Å². The summed E-state index contributed by atoms with van der Waals surface area (Å²) in [4.78, 5) is 26.8. The van der Waals surface area contributed by atoms with Gasteiger partial charge in [-0.1, -0.05) is 0 Å². The summed E-state index contributed by atoms with van der Waals surface area (Å²) >= 11 is 1.47. The Kier molecular flexibility index (Phi) is 4.13. The van der Waals surface area contributed by atoms with Gasteiger partial charge in [-0.25, -0.2) is 0 Å². The third-order valence-electron chi connectivity index (χ3n) is 4.36. The van der Waals surface area contributed by atoms with Gasteiger partial charge in [0.25, 0.3) is 0 Å². The Morgan fingerprint density at radius 3 is 2.76 bits per heavy atom. The lowest BCUT2D eigenvalue weighted by Gasteiger charge is -2.18. The number of fused-ring (bicyclic) bond motifs is 2. The summed E-state index contributed by atoms with van der Waals surface area (Å²) in [6.07, 6.45) is 0.363. The maximum absolute atomic E-state index is 12.5. The van der Waals surface area contributed by atoms with E-state index in [-0.39, 0.29) is 11.7 Å². The van der Waals surface area contributed by atoms with Crippen molar-refractivity contribution in [2.24, 2.45) is 0 Å². The average molecular weight is 355 g/mol. The molecule has 5 nitrogen and oxygen atoms in total. The van der Waals surface area contributed by atoms with E-state index in [1.54, 1.807) is 18.0 Å². The van der Waals surface area contributed by atoms with E-state index < -0.39 is 0 Å². The number of nitrogens with zero attached hydrogens (tertiary/aromatic N) is 1. The van der Waals surface area contributed by atoms with Gasteiger partial charge in [-0.15, -0.1) is 11.8 Å². The molecule has 1 amide bonds. The van der Waals surface area contributed by atoms with Gasteiger partial charge in [-0.2, -0.15) is 0 Å². The number of carbonyl (C=O) groups is 2. The Balaban J connectivity index is 1.45. The molecule has 2 aromatic carbocycles. The normalized spacial score (nSPS) is 15.2. The number of ketones is 1. The van der Waals surface area contributed by atoms with Gasteiger partial charge in [0.1, 0.15) is 13.2 Å². The third kappa shape index (κ3) is 3.09. The van der Waals surface area contributed by atoms with E-state index in [1.807, 2.05) is 30.3 Å². The fourth-order valence-corrected chi connectivity index (χ4v) is 3.81. The van der Waals surface area contributed by atoms with E-state index in [1.165, 1.54) is 11.8 Å². The van der Waals surface area contributed by atoms with Gasteiger partial charge in [-0.05, 0) is 42.0 Å². The molecular formula is C19H17NO4S. The molecule has 128 valence electrons. The number of hydrogen-bond acceptors (Lipinski definition) is 5. The van der Waals surface area contributed by atoms with Crippen LogP contribution in [0.3, 0.4) is 0 Å². The first-order valence-electron chi connectivity index (χ1n) is 8.07. The summed E-state index contributed by atoms with van der Waals surface area (Å²) in [5.74, 6) is 1.91. The van der Waals surface area contributed by atoms with Crippen molar-refractivity contribution >= 4 is 29.1 Å². The van der Waals surface area contributed by atoms with Crippen LogP contribution in [0.2, 0.25) is 0 Å². The maximum atomic E-state index is 12.5. The first-order valence-corrected chi connectivity index (χ1v) is 9.05. The molecule has 2 aliphatic rings. The molecule has 0 aliphatic carbocycles. The highest BCUT2D eigenvalue weighted by Gasteiger charge is 2.24. The van der Waals surface area contributed by atoms with E-state index in [0.29, 0.717) is 31.0 Å². The number of hydrogen-bond donors (Lipinski definition) is 0. The van der Waals surface area contributed by atoms with Crippen LogP contribution in [0.4, 0.5) is 5.69 Å². The van der Waals surface area contributed by atoms with Crippen molar-refractivity contribution in [1.82, 2.24) is 0 Å². The number of carbonyl (C=O) groups excluding carboxylic acids is 2. The van der Waals surface area contributed by atoms with Crippen LogP contribution in [0, 0.1) is 0 Å². The molecule has 0 bridgehead atoms. The maximum Gasteiger partial charge on any atom is 0.231 e. The van der Waals surface area contributed by atoms with E-state index in [0.717, 1.165) is 27.6 Å². The number of amides is 1. The zero-order valence-electron chi connectivity index (χ0n) is 13.8. The second-order valence-electron chi connectivity index (χ2n) is 5.99. The lowest BCUT2D eigenvalue weighted by atomic mass is 10.1. The molecule has 0 fully saturated rings. The Bertz CT molecular complexity index is 864. The smallest absolute Gasteiger partial charge is 0.231 e. The molecule has 0 saturated heterocycles. The first kappa shape index (κ1) is 16.0. The summed E-state index contributed by atoms with van der Waals surface area (Å²) in [5, 5.41) is 0. The summed E-state index contributed by atoms with van der Waals surface area (Å²) < 4.78 is 11.1. The van der Waals surface area contributed by atoms with Gasteiger partial charge in [0.05, 0.1) is 12.2 Å². The topological polar surface area (TPSA) is 55.8 Å². The van der Waals surface area contributed by atoms with Crippen LogP contribution in [0.15, 0.2) is 41.3 Å². The fourth-order valence-electron chi connectivity index (χ4n) is 2.99. The van der Waals surface area contributed by atoms with Crippen molar-refractivity contribution in [3.05, 3.63) is 47.5 Å². The lowest BCUT2D eigenvalue weighted by Crippen LogP contribution is -2.20. The standard InChI is InChI=1S/C19H17NO4S/c1-20-15-4-2-12(8-13(15)9-19(20)22)16(21)11-25-14-3-5-17-18(10-14)24-7-6-23-17/h2-5,8,10H,6-7,9,11H2,1H3. The second-order valence-corrected chi connectivity index (χ2v) is 7.04. The van der Waals surface area contributed by atoms with E-state index in [2.05, 4.69) is 0 Å². The largest absolute Gasteiger partial charge is 0.486 e. The average Bonchev–Trinajstić information content (AvgIpc) is 2.93. The number of likely N-dealkylation sites (N-methyl/N-ethyl adjacent to an activating group) is 1. The molecule has 0 aromatic heterocycles. The van der Waals surface area contributed by atoms with Gasteiger partial charge >= 0.3 is 0 Å². The first-order chi connectivity index (χ1) is 12.1. The van der Waals surface area contributed by atoms with Crippen LogP contribution in [0.25, 0.3) is 0 Å². The Morgan fingerprint density at radius 2 is 1.92 bits per heavy atom. The Labute approximate surface area is 149 Å². The van der Waals surface area contributed by atoms with Crippen molar-refractivity contribution in [3.8, 4) is 11.5 Å². The SMILES string of the molecule is CN1C(=O)Cc2cc(C(=O)CSc3ccc4c(c3)OCCO4)ccc21. The number of benzene rings is 2. The second kappa shape index (κ2) is 6.44. The molecule has 2 aromatic rings. The predicted octanol–water partition coefficient (Wildman–Crippen LogP) is 2.95. The molecule has 2 heterocycles. The molecule has 0 unspecified atom stereocenters. The highest BCUT2D eigenvalue weighted by molar-refractivity contribution is 8.00. The number of Topliss-reactive ketones (excluding diaryl/α,β-unsaturated/α-hetero) is 1. The quantitative estimate of drug-likeness (QED) is 0.623. The highest BCUT2D eigenvalue weighted by Crippen LogP contribution is 2.34. The van der Waals surface area contributed by atoms with Gasteiger partial charge in [0.15, 0.2) is 17.3 Å². The molecular weight excluding hydrogens is 338 g/mol. The molecule has 0 atom stereocenters. The van der Waals surface area contributed by atoms with Gasteiger partial charge < -0.3 is 14.4 Å². The fraction of sp³-hybridized carbons (Fsp3) is 0.263. The minimum absolute atomic E-state index is 0.0460. The summed E-state index contributed by atoms with van der Waals surface area (Å²) in [5.41, 5.74) is 2.45. The van der Waals surface area contributed by atoms with Crippen LogP contribution in [0.5, 0.6) is 11.5 Å². The molecule has 6 heteroatoms. The third-order valence-corrected chi connectivity index (χ3v) is 5.36. The van der Waals surface area contributed by atoms with Crippen LogP contribution >= 0.6 is 11.8 Å². The molecule has 25 heavy (non-hydrogen) atoms. The molecule has 0 N–H and O–H groups in total. The summed E-state index contributed by atoms with van der Waals surface area (Å²) in [6.45, 7) is 1.11. The van der Waals surface area contributed by atoms with E-state index in [4.69, 9.17) is 9.47 Å². The van der Waals surface area contributed by atoms with Crippen molar-refractivity contribution in [2.45, 2.75) is 11.3 Å². The van der Waals surface area contributed by atoms with Crippen LogP contribution in [-0.4, -0.2) is 37.7 Å². The Morgan fingerprint density at radius 1 is 1.12 bits per heavy atom. The number of anilines is 1. The minimum Gasteiger partial charge on any atom is -0.486 e. The van der Waals surface area contributed by atoms with Crippen molar-refractivity contribution in [2.75, 3.05) is 30.9 Å². The number of ether oxygens (including phenoxy) is 2. The van der Waals surface area contributed by atoms with E-state index >= 15 is 0 Å². The zero-order valence-corrected chi connectivity index (χ0v) is 14.6. The van der Waals surface area contributed by atoms with Gasteiger partial charge in [-0.3, -0.25) is 9.59 Å². The molecule has 0 radical (unpaired) electrons. The molecule has 4 rings (SSSR count). The lowest BCUT2D eigenvalue weighted by molar-refractivity contribution is -0.117. The van der Waals surface area contributed by atoms with Crippen molar-refractivity contribution < 1.29 is 19.1 Å². The molecule has 0 saturated carbocycles. The summed E-state index contributed by atoms with van der Waals surface area (Å²) in [6, 6.07) is 11.2. The number of rotatable bonds is 4. The minimum atomic E-state index is 0.0460. The molecule has 2 aliphatic heterocycles. The van der Waals surface area contributed by atoms with Crippen molar-refractivity contribution in [1.29, 1.82) is 0 Å². The highest BCUT2D eigenvalue weighted by atomic mass is 32.2.